The lowest BCUT2D eigenvalue weighted by Crippen LogP contribution is -1.93. The van der Waals surface area contributed by atoms with E-state index in [-0.39, 0.29) is 0 Å². The smallest absolute Gasteiger partial charge is 0.190 e. The van der Waals surface area contributed by atoms with Gasteiger partial charge in [-0.05, 0) is 18.4 Å². The van der Waals surface area contributed by atoms with Gasteiger partial charge in [-0.1, -0.05) is 11.8 Å². The Morgan fingerprint density at radius 2 is 2.29 bits per heavy atom. The summed E-state index contributed by atoms with van der Waals surface area (Å²) in [5, 5.41) is 8.07. The molecule has 0 aliphatic rings. The number of anilines is 1. The molecule has 0 fully saturated rings. The molecular formula is C10H9N5OS. The number of furan rings is 1. The zero-order valence-electron chi connectivity index (χ0n) is 8.97. The van der Waals surface area contributed by atoms with Crippen LogP contribution in [0.15, 0.2) is 28.0 Å². The molecule has 17 heavy (non-hydrogen) atoms. The molecule has 3 heterocycles. The molecule has 0 aromatic carbocycles. The van der Waals surface area contributed by atoms with E-state index in [9.17, 15) is 0 Å². The number of H-pyrrole nitrogens is 1. The van der Waals surface area contributed by atoms with Crippen LogP contribution in [0.3, 0.4) is 0 Å². The van der Waals surface area contributed by atoms with Gasteiger partial charge in [-0.2, -0.15) is 5.10 Å². The third-order valence-corrected chi connectivity index (χ3v) is 2.91. The van der Waals surface area contributed by atoms with E-state index >= 15 is 0 Å². The standard InChI is InChI=1S/C10H9N5OS/c1-17-10-12-7(5-3-2-4-16-5)6-8(11)14-15-9(6)13-10/h2-4H,1H3,(H3,11,12,13,14,15). The number of fused-ring (bicyclic) bond motifs is 1. The lowest BCUT2D eigenvalue weighted by molar-refractivity contribution is 0.580. The second kappa shape index (κ2) is 3.77. The van der Waals surface area contributed by atoms with Gasteiger partial charge in [0.1, 0.15) is 11.5 Å². The van der Waals surface area contributed by atoms with E-state index < -0.39 is 0 Å². The Hall–Kier alpha value is -2.02. The Balaban J connectivity index is 2.37. The molecule has 7 heteroatoms. The molecule has 6 nitrogen and oxygen atoms in total. The number of hydrogen-bond donors (Lipinski definition) is 2. The van der Waals surface area contributed by atoms with Gasteiger partial charge in [0, 0.05) is 0 Å². The highest BCUT2D eigenvalue weighted by Gasteiger charge is 2.16. The van der Waals surface area contributed by atoms with Crippen LogP contribution in [0.4, 0.5) is 5.82 Å². The number of nitrogens with zero attached hydrogens (tertiary/aromatic N) is 3. The zero-order chi connectivity index (χ0) is 11.8. The molecule has 0 saturated heterocycles. The summed E-state index contributed by atoms with van der Waals surface area (Å²) in [6, 6.07) is 3.64. The summed E-state index contributed by atoms with van der Waals surface area (Å²) in [5.41, 5.74) is 7.04. The molecule has 0 unspecified atom stereocenters. The molecular weight excluding hydrogens is 238 g/mol. The van der Waals surface area contributed by atoms with E-state index in [1.807, 2.05) is 12.3 Å². The fourth-order valence-corrected chi connectivity index (χ4v) is 1.97. The van der Waals surface area contributed by atoms with E-state index in [1.165, 1.54) is 11.8 Å². The normalized spacial score (nSPS) is 11.1. The molecule has 0 aliphatic heterocycles. The summed E-state index contributed by atoms with van der Waals surface area (Å²) in [6.45, 7) is 0. The number of rotatable bonds is 2. The average Bonchev–Trinajstić information content (AvgIpc) is 2.98. The Bertz CT molecular complexity index is 661. The third kappa shape index (κ3) is 1.55. The topological polar surface area (TPSA) is 93.6 Å². The van der Waals surface area contributed by atoms with Crippen LogP contribution >= 0.6 is 11.8 Å². The first-order valence-corrected chi connectivity index (χ1v) is 6.11. The van der Waals surface area contributed by atoms with Crippen molar-refractivity contribution < 1.29 is 4.42 Å². The summed E-state index contributed by atoms with van der Waals surface area (Å²) in [5.74, 6) is 1.10. The molecule has 3 N–H and O–H groups in total. The average molecular weight is 247 g/mol. The Morgan fingerprint density at radius 3 is 3.00 bits per heavy atom. The maximum absolute atomic E-state index is 5.83. The van der Waals surface area contributed by atoms with Gasteiger partial charge in [-0.3, -0.25) is 5.10 Å². The highest BCUT2D eigenvalue weighted by Crippen LogP contribution is 2.30. The van der Waals surface area contributed by atoms with Crippen molar-refractivity contribution in [2.24, 2.45) is 0 Å². The van der Waals surface area contributed by atoms with Crippen LogP contribution in [0.1, 0.15) is 0 Å². The lowest BCUT2D eigenvalue weighted by atomic mass is 10.2. The van der Waals surface area contributed by atoms with Crippen LogP contribution in [-0.2, 0) is 0 Å². The molecule has 86 valence electrons. The molecule has 0 amide bonds. The number of nitrogens with two attached hydrogens (primary N) is 1. The summed E-state index contributed by atoms with van der Waals surface area (Å²) < 4.78 is 5.35. The van der Waals surface area contributed by atoms with Crippen molar-refractivity contribution in [1.29, 1.82) is 0 Å². The van der Waals surface area contributed by atoms with E-state index in [4.69, 9.17) is 10.2 Å². The minimum Gasteiger partial charge on any atom is -0.463 e. The van der Waals surface area contributed by atoms with Gasteiger partial charge < -0.3 is 10.2 Å². The van der Waals surface area contributed by atoms with E-state index in [2.05, 4.69) is 20.2 Å². The third-order valence-electron chi connectivity index (χ3n) is 2.36. The quantitative estimate of drug-likeness (QED) is 0.530. The van der Waals surface area contributed by atoms with Crippen molar-refractivity contribution in [2.75, 3.05) is 12.0 Å². The second-order valence-electron chi connectivity index (χ2n) is 3.37. The molecule has 0 radical (unpaired) electrons. The fraction of sp³-hybridized carbons (Fsp3) is 0.100. The largest absolute Gasteiger partial charge is 0.463 e. The molecule has 3 aromatic heterocycles. The van der Waals surface area contributed by atoms with E-state index in [0.29, 0.717) is 33.5 Å². The number of aromatic amines is 1. The molecule has 3 rings (SSSR count). The molecule has 0 saturated carbocycles. The summed E-state index contributed by atoms with van der Waals surface area (Å²) in [4.78, 5) is 8.69. The predicted molar refractivity (Wildman–Crippen MR) is 65.6 cm³/mol. The first-order valence-electron chi connectivity index (χ1n) is 4.89. The van der Waals surface area contributed by atoms with Crippen molar-refractivity contribution in [3.8, 4) is 11.5 Å². The highest BCUT2D eigenvalue weighted by molar-refractivity contribution is 7.98. The Kier molecular flexibility index (Phi) is 2.25. The minimum absolute atomic E-state index is 0.444. The molecule has 0 atom stereocenters. The fourth-order valence-electron chi connectivity index (χ4n) is 1.61. The number of hydrogen-bond acceptors (Lipinski definition) is 6. The van der Waals surface area contributed by atoms with Gasteiger partial charge in [0.2, 0.25) is 0 Å². The van der Waals surface area contributed by atoms with Crippen LogP contribution in [0.25, 0.3) is 22.5 Å². The van der Waals surface area contributed by atoms with Gasteiger partial charge in [-0.15, -0.1) is 0 Å². The Labute approximate surface area is 101 Å². The first-order chi connectivity index (χ1) is 8.29. The maximum atomic E-state index is 5.83. The van der Waals surface area contributed by atoms with E-state index in [1.54, 1.807) is 12.3 Å². The van der Waals surface area contributed by atoms with Gasteiger partial charge in [0.05, 0.1) is 11.6 Å². The maximum Gasteiger partial charge on any atom is 0.190 e. The molecule has 0 spiro atoms. The number of aromatic nitrogens is 4. The van der Waals surface area contributed by atoms with Crippen molar-refractivity contribution in [3.63, 3.8) is 0 Å². The predicted octanol–water partition coefficient (Wildman–Crippen LogP) is 1.92. The van der Waals surface area contributed by atoms with Crippen LogP contribution in [0.2, 0.25) is 0 Å². The lowest BCUT2D eigenvalue weighted by Gasteiger charge is -2.01. The van der Waals surface area contributed by atoms with Crippen molar-refractivity contribution in [2.45, 2.75) is 5.16 Å². The molecule has 3 aromatic rings. The van der Waals surface area contributed by atoms with Gasteiger partial charge in [0.25, 0.3) is 0 Å². The van der Waals surface area contributed by atoms with Gasteiger partial charge in [-0.25, -0.2) is 9.97 Å². The van der Waals surface area contributed by atoms with Gasteiger partial charge in [0.15, 0.2) is 16.6 Å². The van der Waals surface area contributed by atoms with Crippen LogP contribution in [0, 0.1) is 0 Å². The van der Waals surface area contributed by atoms with Crippen LogP contribution in [0.5, 0.6) is 0 Å². The van der Waals surface area contributed by atoms with Gasteiger partial charge >= 0.3 is 0 Å². The monoisotopic (exact) mass is 247 g/mol. The van der Waals surface area contributed by atoms with Crippen molar-refractivity contribution >= 4 is 28.6 Å². The first kappa shape index (κ1) is 10.2. The number of thioether (sulfide) groups is 1. The number of nitrogens with one attached hydrogen (secondary N) is 1. The zero-order valence-corrected chi connectivity index (χ0v) is 9.78. The van der Waals surface area contributed by atoms with Crippen LogP contribution in [-0.4, -0.2) is 26.4 Å². The minimum atomic E-state index is 0.444. The highest BCUT2D eigenvalue weighted by atomic mass is 32.2. The van der Waals surface area contributed by atoms with Crippen molar-refractivity contribution in [3.05, 3.63) is 18.4 Å². The molecule has 0 bridgehead atoms. The molecule has 0 aliphatic carbocycles. The summed E-state index contributed by atoms with van der Waals surface area (Å²) in [6.07, 6.45) is 3.50. The van der Waals surface area contributed by atoms with E-state index in [0.717, 1.165) is 0 Å². The van der Waals surface area contributed by atoms with Crippen LogP contribution < -0.4 is 5.73 Å². The number of nitrogen functional groups attached to an aromatic ring is 1. The van der Waals surface area contributed by atoms with Crippen molar-refractivity contribution in [1.82, 2.24) is 20.2 Å². The summed E-state index contributed by atoms with van der Waals surface area (Å²) >= 11 is 1.45. The SMILES string of the molecule is CSc1nc(-c2ccco2)c2c(N)[nH]nc2n1. The second-order valence-corrected chi connectivity index (χ2v) is 4.15. The summed E-state index contributed by atoms with van der Waals surface area (Å²) in [7, 11) is 0. The Morgan fingerprint density at radius 1 is 1.41 bits per heavy atom.